The highest BCUT2D eigenvalue weighted by Gasteiger charge is 2.48. The van der Waals surface area contributed by atoms with E-state index in [4.69, 9.17) is 0 Å². The van der Waals surface area contributed by atoms with E-state index in [2.05, 4.69) is 10.1 Å². The van der Waals surface area contributed by atoms with Crippen molar-refractivity contribution in [2.75, 3.05) is 18.4 Å². The monoisotopic (exact) mass is 315 g/mol. The van der Waals surface area contributed by atoms with Gasteiger partial charge >= 0.3 is 6.36 Å². The fourth-order valence-electron chi connectivity index (χ4n) is 3.36. The molecule has 3 rings (SSSR count). The molecular weight excluding hydrogens is 301 g/mol. The number of rotatable bonds is 1. The minimum Gasteiger partial charge on any atom is -0.530 e. The number of anilines is 1. The molecule has 0 radical (unpaired) electrons. The number of benzene rings is 1. The predicted octanol–water partition coefficient (Wildman–Crippen LogP) is 1.65. The van der Waals surface area contributed by atoms with Gasteiger partial charge in [0, 0.05) is 30.6 Å². The molecule has 2 aliphatic rings. The van der Waals surface area contributed by atoms with Crippen LogP contribution in [-0.2, 0) is 10.2 Å². The first kappa shape index (κ1) is 15.0. The molecule has 2 atom stereocenters. The fourth-order valence-corrected chi connectivity index (χ4v) is 3.36. The van der Waals surface area contributed by atoms with Gasteiger partial charge in [-0.15, -0.1) is 13.2 Å². The van der Waals surface area contributed by atoms with Gasteiger partial charge in [-0.05, 0) is 18.1 Å². The molecule has 0 bridgehead atoms. The van der Waals surface area contributed by atoms with Crippen molar-refractivity contribution in [2.24, 2.45) is 0 Å². The molecule has 2 unspecified atom stereocenters. The Balaban J connectivity index is 1.90. The predicted molar refractivity (Wildman–Crippen MR) is 68.9 cm³/mol. The number of hydrogen-bond acceptors (Lipinski definition) is 4. The van der Waals surface area contributed by atoms with E-state index in [-0.39, 0.29) is 13.0 Å². The van der Waals surface area contributed by atoms with Crippen LogP contribution in [0.1, 0.15) is 18.4 Å². The summed E-state index contributed by atoms with van der Waals surface area (Å²) < 4.78 is 41.7. The molecule has 0 aliphatic carbocycles. The molecule has 1 aromatic carbocycles. The van der Waals surface area contributed by atoms with Crippen molar-refractivity contribution in [1.82, 2.24) is 4.90 Å². The van der Waals surface area contributed by atoms with Crippen molar-refractivity contribution >= 4 is 11.8 Å². The molecule has 0 aromatic heterocycles. The zero-order valence-corrected chi connectivity index (χ0v) is 11.5. The number of fused-ring (bicyclic) bond motifs is 2. The molecule has 1 aromatic rings. The molecule has 8 heteroatoms. The lowest BCUT2D eigenvalue weighted by Gasteiger charge is -2.45. The third kappa shape index (κ3) is 2.58. The number of hydrogen-bond donors (Lipinski definition) is 1. The number of nitrogens with zero attached hydrogens (tertiary/aromatic N) is 1. The Kier molecular flexibility index (Phi) is 3.43. The summed E-state index contributed by atoms with van der Waals surface area (Å²) in [5, 5.41) is 14.2. The van der Waals surface area contributed by atoms with E-state index in [1.54, 1.807) is 0 Å². The van der Waals surface area contributed by atoms with E-state index in [0.29, 0.717) is 17.9 Å². The van der Waals surface area contributed by atoms with E-state index in [9.17, 15) is 23.1 Å². The van der Waals surface area contributed by atoms with Crippen LogP contribution < -0.4 is 10.4 Å². The molecular formula is C14H14F3N2O3-. The summed E-state index contributed by atoms with van der Waals surface area (Å²) in [5.41, 5.74) is 1.22. The van der Waals surface area contributed by atoms with Crippen molar-refractivity contribution in [1.29, 1.82) is 0 Å². The summed E-state index contributed by atoms with van der Waals surface area (Å²) in [7, 11) is 0. The van der Waals surface area contributed by atoms with E-state index in [1.165, 1.54) is 0 Å². The van der Waals surface area contributed by atoms with Crippen LogP contribution in [0.3, 0.4) is 0 Å². The van der Waals surface area contributed by atoms with Gasteiger partial charge in [-0.3, -0.25) is 4.74 Å². The number of para-hydroxylation sites is 1. The van der Waals surface area contributed by atoms with Gasteiger partial charge in [-0.25, -0.2) is 0 Å². The van der Waals surface area contributed by atoms with Crippen LogP contribution >= 0.6 is 0 Å². The molecule has 1 spiro atoms. The number of amides is 1. The van der Waals surface area contributed by atoms with Crippen LogP contribution in [0, 0.1) is 0 Å². The Morgan fingerprint density at radius 1 is 1.41 bits per heavy atom. The molecule has 1 amide bonds. The van der Waals surface area contributed by atoms with Gasteiger partial charge in [0.15, 0.2) is 0 Å². The average molecular weight is 315 g/mol. The number of alkyl halides is 3. The number of carbonyl (C=O) groups is 1. The molecule has 1 N–H and O–H groups in total. The van der Waals surface area contributed by atoms with Crippen molar-refractivity contribution in [3.05, 3.63) is 29.8 Å². The Labute approximate surface area is 124 Å². The maximum Gasteiger partial charge on any atom is 0.524 e. The third-order valence-electron chi connectivity index (χ3n) is 4.36. The first-order valence-corrected chi connectivity index (χ1v) is 6.86. The first-order valence-electron chi connectivity index (χ1n) is 6.86. The molecule has 2 heterocycles. The third-order valence-corrected chi connectivity index (χ3v) is 4.36. The van der Waals surface area contributed by atoms with Gasteiger partial charge in [-0.2, -0.15) is 0 Å². The van der Waals surface area contributed by atoms with Crippen molar-refractivity contribution in [3.63, 3.8) is 0 Å². The zero-order chi connectivity index (χ0) is 16.0. The van der Waals surface area contributed by atoms with E-state index < -0.39 is 24.1 Å². The topological polar surface area (TPSA) is 64.6 Å². The molecule has 2 aliphatic heterocycles. The number of nitrogens with one attached hydrogen (secondary N) is 1. The van der Waals surface area contributed by atoms with Gasteiger partial charge in [0.05, 0.1) is 0 Å². The normalized spacial score (nSPS) is 27.6. The molecule has 22 heavy (non-hydrogen) atoms. The van der Waals surface area contributed by atoms with Crippen LogP contribution in [0.25, 0.3) is 0 Å². The number of carboxylic acid groups (broad SMARTS) is 1. The number of likely N-dealkylation sites (tertiary alicyclic amines) is 1. The average Bonchev–Trinajstić information content (AvgIpc) is 2.76. The van der Waals surface area contributed by atoms with Gasteiger partial charge < -0.3 is 20.1 Å². The summed E-state index contributed by atoms with van der Waals surface area (Å²) in [5.74, 6) is 0. The second-order valence-corrected chi connectivity index (χ2v) is 5.61. The highest BCUT2D eigenvalue weighted by atomic mass is 19.4. The van der Waals surface area contributed by atoms with Gasteiger partial charge in [-0.1, -0.05) is 18.2 Å². The van der Waals surface area contributed by atoms with E-state index in [0.717, 1.165) is 11.3 Å². The van der Waals surface area contributed by atoms with Gasteiger partial charge in [0.25, 0.3) is 0 Å². The highest BCUT2D eigenvalue weighted by Crippen LogP contribution is 2.46. The minimum atomic E-state index is -4.90. The standard InChI is InChI=1S/C14H15F3N2O3/c15-14(16,17)22-11-7-13(5-6-19(11)12(20)21)8-18-10-4-2-1-3-9(10)13/h1-4,11,18H,5-8H2,(H,20,21)/p-1. The van der Waals surface area contributed by atoms with Crippen molar-refractivity contribution < 1.29 is 27.8 Å². The Morgan fingerprint density at radius 2 is 2.14 bits per heavy atom. The van der Waals surface area contributed by atoms with E-state index >= 15 is 0 Å². The highest BCUT2D eigenvalue weighted by molar-refractivity contribution is 5.64. The molecule has 0 saturated carbocycles. The van der Waals surface area contributed by atoms with E-state index in [1.807, 2.05) is 24.3 Å². The van der Waals surface area contributed by atoms with Crippen LogP contribution in [0.2, 0.25) is 0 Å². The summed E-state index contributed by atoms with van der Waals surface area (Å²) in [4.78, 5) is 11.7. The van der Waals surface area contributed by atoms with Crippen LogP contribution in [-0.4, -0.2) is 36.7 Å². The van der Waals surface area contributed by atoms with Crippen molar-refractivity contribution in [2.45, 2.75) is 30.8 Å². The Morgan fingerprint density at radius 3 is 2.82 bits per heavy atom. The summed E-state index contributed by atoms with van der Waals surface area (Å²) in [6.07, 6.45) is -7.79. The second-order valence-electron chi connectivity index (χ2n) is 5.61. The largest absolute Gasteiger partial charge is 0.530 e. The van der Waals surface area contributed by atoms with Crippen LogP contribution in [0.5, 0.6) is 0 Å². The lowest BCUT2D eigenvalue weighted by Crippen LogP contribution is -2.57. The summed E-state index contributed by atoms with van der Waals surface area (Å²) in [6.45, 7) is 0.407. The molecule has 120 valence electrons. The van der Waals surface area contributed by atoms with Crippen LogP contribution in [0.15, 0.2) is 24.3 Å². The van der Waals surface area contributed by atoms with Crippen molar-refractivity contribution in [3.8, 4) is 0 Å². The zero-order valence-electron chi connectivity index (χ0n) is 11.5. The first-order chi connectivity index (χ1) is 10.3. The lowest BCUT2D eigenvalue weighted by atomic mass is 9.73. The fraction of sp³-hybridized carbons (Fsp3) is 0.500. The second kappa shape index (κ2) is 5.05. The summed E-state index contributed by atoms with van der Waals surface area (Å²) >= 11 is 0. The number of halogens is 3. The quantitative estimate of drug-likeness (QED) is 0.856. The molecule has 1 fully saturated rings. The maximum absolute atomic E-state index is 12.6. The summed E-state index contributed by atoms with van der Waals surface area (Å²) in [6, 6.07) is 7.37. The van der Waals surface area contributed by atoms with Crippen LogP contribution in [0.4, 0.5) is 23.7 Å². The maximum atomic E-state index is 12.6. The minimum absolute atomic E-state index is 0.0565. The smallest absolute Gasteiger partial charge is 0.524 e. The molecule has 5 nitrogen and oxygen atoms in total. The number of piperidine rings is 1. The Hall–Kier alpha value is -1.96. The number of ether oxygens (including phenoxy) is 1. The molecule has 1 saturated heterocycles. The van der Waals surface area contributed by atoms with Gasteiger partial charge in [0.1, 0.15) is 12.3 Å². The Bertz CT molecular complexity index is 593. The van der Waals surface area contributed by atoms with Gasteiger partial charge in [0.2, 0.25) is 0 Å². The lowest BCUT2D eigenvalue weighted by molar-refractivity contribution is -0.369. The number of carbonyl (C=O) groups excluding carboxylic acids is 1. The SMILES string of the molecule is O=C([O-])N1CCC2(CNc3ccccc32)CC1OC(F)(F)F.